The van der Waals surface area contributed by atoms with Crippen LogP contribution in [0.2, 0.25) is 0 Å². The lowest BCUT2D eigenvalue weighted by atomic mass is 9.70. The zero-order valence-corrected chi connectivity index (χ0v) is 41.6. The minimum Gasteiger partial charge on any atom is -0.391 e. The second kappa shape index (κ2) is 19.9. The van der Waals surface area contributed by atoms with Crippen molar-refractivity contribution >= 4 is 57.3 Å². The normalized spacial score (nSPS) is 18.3. The van der Waals surface area contributed by atoms with Crippen LogP contribution in [0.5, 0.6) is 0 Å². The molecule has 2 fully saturated rings. The number of aromatic amines is 1. The lowest BCUT2D eigenvalue weighted by molar-refractivity contribution is -0.144. The largest absolute Gasteiger partial charge is 0.391 e. The Hall–Kier alpha value is -6.37. The van der Waals surface area contributed by atoms with E-state index >= 15 is 0 Å². The third kappa shape index (κ3) is 10.2. The van der Waals surface area contributed by atoms with Crippen LogP contribution in [0.25, 0.3) is 21.3 Å². The number of aliphatic hydroxyl groups is 1. The Morgan fingerprint density at radius 1 is 1.01 bits per heavy atom. The van der Waals surface area contributed by atoms with Crippen molar-refractivity contribution in [1.82, 2.24) is 30.8 Å². The standard InChI is InChI=1S/C54H64N8O6S/c1-8-34-24-39-40(54(6,7)49-46(47(39)66)38-18-15-33(27-55)23-41(38)59-49)26-42(34)61-21-19-36(20-22-61)58-44(64)11-9-10-12-45(65)60-50(53(3,4)5)52(68)62-29-37(63)25-43(62)51(67)56-28-32-13-16-35(17-14-32)48-31(2)57-30-69-48/h13-18,23-24,26,30,36-37,43,50,59,63H,8-12,19-22,25,28-29H2,1-7H3,(H,56,67)(H,58,64)(H,60,65)/t37-,43+,50-/m1/s1. The smallest absolute Gasteiger partial charge is 0.246 e. The molecule has 69 heavy (non-hydrogen) atoms. The fourth-order valence-electron chi connectivity index (χ4n) is 10.3. The first-order valence-corrected chi connectivity index (χ1v) is 25.1. The minimum absolute atomic E-state index is 0.00420. The number of carbonyl (C=O) groups excluding carboxylic acids is 5. The molecule has 0 unspecified atom stereocenters. The van der Waals surface area contributed by atoms with Crippen molar-refractivity contribution in [2.45, 2.75) is 136 Å². The second-order valence-electron chi connectivity index (χ2n) is 20.6. The summed E-state index contributed by atoms with van der Waals surface area (Å²) in [6.07, 6.45) is 2.89. The first kappa shape index (κ1) is 49.1. The van der Waals surface area contributed by atoms with Gasteiger partial charge in [-0.1, -0.05) is 71.9 Å². The first-order chi connectivity index (χ1) is 32.9. The minimum atomic E-state index is -0.932. The number of hydrogen-bond acceptors (Lipinski definition) is 10. The van der Waals surface area contributed by atoms with Gasteiger partial charge in [0.1, 0.15) is 12.1 Å². The Bertz CT molecular complexity index is 2820. The molecule has 3 aliphatic rings. The number of rotatable bonds is 14. The van der Waals surface area contributed by atoms with Crippen LogP contribution in [0, 0.1) is 23.7 Å². The Morgan fingerprint density at radius 3 is 2.38 bits per heavy atom. The monoisotopic (exact) mass is 952 g/mol. The number of anilines is 1. The number of ketones is 1. The number of benzene rings is 3. The maximum atomic E-state index is 14.1. The fraction of sp³-hybridized carbons (Fsp3) is 0.463. The average Bonchev–Trinajstić information content (AvgIpc) is 4.06. The molecule has 15 heteroatoms. The maximum Gasteiger partial charge on any atom is 0.246 e. The van der Waals surface area contributed by atoms with Crippen molar-refractivity contribution in [3.05, 3.63) is 105 Å². The van der Waals surface area contributed by atoms with Crippen LogP contribution in [-0.2, 0) is 37.6 Å². The van der Waals surface area contributed by atoms with E-state index in [0.717, 1.165) is 93.0 Å². The lowest BCUT2D eigenvalue weighted by Crippen LogP contribution is -2.57. The number of thiazole rings is 1. The summed E-state index contributed by atoms with van der Waals surface area (Å²) in [5, 5.41) is 30.0. The Morgan fingerprint density at radius 2 is 1.72 bits per heavy atom. The number of amides is 4. The van der Waals surface area contributed by atoms with Gasteiger partial charge in [0.2, 0.25) is 23.6 Å². The number of H-pyrrole nitrogens is 1. The summed E-state index contributed by atoms with van der Waals surface area (Å²) < 4.78 is 0. The van der Waals surface area contributed by atoms with E-state index in [2.05, 4.69) is 69.8 Å². The summed E-state index contributed by atoms with van der Waals surface area (Å²) >= 11 is 1.57. The van der Waals surface area contributed by atoms with Gasteiger partial charge in [0.25, 0.3) is 0 Å². The van der Waals surface area contributed by atoms with Gasteiger partial charge in [-0.2, -0.15) is 5.26 Å². The van der Waals surface area contributed by atoms with Crippen LogP contribution in [0.3, 0.4) is 0 Å². The van der Waals surface area contributed by atoms with Crippen LogP contribution in [-0.4, -0.2) is 93.3 Å². The van der Waals surface area contributed by atoms with Gasteiger partial charge in [0, 0.05) is 84.7 Å². The van der Waals surface area contributed by atoms with E-state index in [0.29, 0.717) is 24.0 Å². The zero-order chi connectivity index (χ0) is 49.4. The van der Waals surface area contributed by atoms with Gasteiger partial charge in [0.05, 0.1) is 39.4 Å². The number of hydrogen-bond donors (Lipinski definition) is 5. The van der Waals surface area contributed by atoms with Gasteiger partial charge in [-0.3, -0.25) is 24.0 Å². The molecular weight excluding hydrogens is 889 g/mol. The molecule has 0 radical (unpaired) electrons. The molecule has 4 heterocycles. The summed E-state index contributed by atoms with van der Waals surface area (Å²) in [6, 6.07) is 18.0. The molecule has 5 N–H and O–H groups in total. The van der Waals surface area contributed by atoms with Crippen LogP contribution >= 0.6 is 11.3 Å². The zero-order valence-electron chi connectivity index (χ0n) is 40.8. The SMILES string of the molecule is CCc1cc2c(cc1N1CCC(NC(=O)CCCCC(=O)N[C@H](C(=O)N3C[C@H](O)C[C@H]3C(=O)NCc3ccc(-c4scnc4C)cc3)C(C)(C)C)CC1)C(C)(C)c1[nH]c3cc(C#N)ccc3c1C2=O. The van der Waals surface area contributed by atoms with Gasteiger partial charge < -0.3 is 35.8 Å². The Balaban J connectivity index is 0.799. The highest BCUT2D eigenvalue weighted by molar-refractivity contribution is 7.13. The molecule has 0 bridgehead atoms. The lowest BCUT2D eigenvalue weighted by Gasteiger charge is -2.38. The summed E-state index contributed by atoms with van der Waals surface area (Å²) in [4.78, 5) is 80.9. The number of carbonyl (C=O) groups is 5. The molecule has 14 nitrogen and oxygen atoms in total. The summed E-state index contributed by atoms with van der Waals surface area (Å²) in [6.45, 7) is 15.7. The highest BCUT2D eigenvalue weighted by atomic mass is 32.1. The van der Waals surface area contributed by atoms with Gasteiger partial charge in [-0.05, 0) is 91.0 Å². The highest BCUT2D eigenvalue weighted by Gasteiger charge is 2.45. The number of β-amino-alcohol motifs (C(OH)–C–C–N with tert-alkyl or cyclic N) is 1. The number of unbranched alkanes of at least 4 members (excludes halogenated alkanes) is 1. The number of aryl methyl sites for hydroxylation is 2. The molecule has 0 saturated carbocycles. The van der Waals surface area contributed by atoms with E-state index in [1.165, 1.54) is 4.90 Å². The molecule has 2 aliphatic heterocycles. The number of nitrogens with one attached hydrogen (secondary N) is 4. The highest BCUT2D eigenvalue weighted by Crippen LogP contribution is 2.46. The molecule has 2 saturated heterocycles. The second-order valence-corrected chi connectivity index (χ2v) is 21.4. The van der Waals surface area contributed by atoms with Crippen molar-refractivity contribution in [1.29, 1.82) is 5.26 Å². The fourth-order valence-corrected chi connectivity index (χ4v) is 11.1. The molecule has 362 valence electrons. The third-order valence-electron chi connectivity index (χ3n) is 14.3. The van der Waals surface area contributed by atoms with E-state index < -0.39 is 34.9 Å². The number of piperidine rings is 1. The predicted octanol–water partition coefficient (Wildman–Crippen LogP) is 7.36. The van der Waals surface area contributed by atoms with Gasteiger partial charge in [-0.15, -0.1) is 11.3 Å². The molecule has 2 aromatic heterocycles. The molecule has 4 amide bonds. The molecule has 3 atom stereocenters. The predicted molar refractivity (Wildman–Crippen MR) is 268 cm³/mol. The third-order valence-corrected chi connectivity index (χ3v) is 15.2. The van der Waals surface area contributed by atoms with E-state index in [1.807, 2.05) is 63.5 Å². The Labute approximate surface area is 408 Å². The summed E-state index contributed by atoms with van der Waals surface area (Å²) in [5.74, 6) is -1.16. The number of aliphatic hydroxyl groups excluding tert-OH is 1. The molecular formula is C54H64N8O6S. The summed E-state index contributed by atoms with van der Waals surface area (Å²) in [7, 11) is 0. The van der Waals surface area contributed by atoms with Gasteiger partial charge in [0.15, 0.2) is 5.78 Å². The van der Waals surface area contributed by atoms with Crippen LogP contribution < -0.4 is 20.9 Å². The van der Waals surface area contributed by atoms with Crippen molar-refractivity contribution in [2.75, 3.05) is 24.5 Å². The number of nitriles is 1. The number of aromatic nitrogens is 2. The molecule has 5 aromatic rings. The van der Waals surface area contributed by atoms with E-state index in [9.17, 15) is 34.3 Å². The van der Waals surface area contributed by atoms with Crippen molar-refractivity contribution in [2.24, 2.45) is 5.41 Å². The maximum absolute atomic E-state index is 14.1. The van der Waals surface area contributed by atoms with Crippen LogP contribution in [0.1, 0.15) is 136 Å². The van der Waals surface area contributed by atoms with Crippen LogP contribution in [0.4, 0.5) is 5.69 Å². The van der Waals surface area contributed by atoms with Gasteiger partial charge >= 0.3 is 0 Å². The van der Waals surface area contributed by atoms with Crippen molar-refractivity contribution in [3.63, 3.8) is 0 Å². The average molecular weight is 953 g/mol. The van der Waals surface area contributed by atoms with Gasteiger partial charge in [-0.25, -0.2) is 4.98 Å². The first-order valence-electron chi connectivity index (χ1n) is 24.3. The number of fused-ring (bicyclic) bond motifs is 4. The van der Waals surface area contributed by atoms with Crippen LogP contribution in [0.15, 0.2) is 60.1 Å². The molecule has 8 rings (SSSR count). The molecule has 3 aromatic carbocycles. The van der Waals surface area contributed by atoms with Crippen molar-refractivity contribution in [3.8, 4) is 16.5 Å². The number of nitrogens with zero attached hydrogens (tertiary/aromatic N) is 4. The summed E-state index contributed by atoms with van der Waals surface area (Å²) in [5.41, 5.74) is 10.3. The molecule has 0 spiro atoms. The Kier molecular flexibility index (Phi) is 14.2. The van der Waals surface area contributed by atoms with E-state index in [-0.39, 0.29) is 61.9 Å². The topological polar surface area (TPSA) is 201 Å². The quantitative estimate of drug-likeness (QED) is 0.0706. The number of likely N-dealkylation sites (tertiary alicyclic amines) is 1. The van der Waals surface area contributed by atoms with E-state index in [1.54, 1.807) is 23.5 Å². The van der Waals surface area contributed by atoms with E-state index in [4.69, 9.17) is 0 Å². The molecule has 1 aliphatic carbocycles. The van der Waals surface area contributed by atoms with Crippen molar-refractivity contribution < 1.29 is 29.1 Å².